The molecule has 2 nitrogen and oxygen atoms in total. The second-order valence-electron chi connectivity index (χ2n) is 17.7. The lowest BCUT2D eigenvalue weighted by Gasteiger charge is -2.39. The first-order chi connectivity index (χ1) is 30.7. The summed E-state index contributed by atoms with van der Waals surface area (Å²) in [6.45, 7) is 13.9. The average Bonchev–Trinajstić information content (AvgIpc) is 3.72. The van der Waals surface area contributed by atoms with E-state index in [0.29, 0.717) is 0 Å². The third-order valence-electron chi connectivity index (χ3n) is 14.6. The molecular formula is C59H44BIN2. The summed E-state index contributed by atoms with van der Waals surface area (Å²) in [6.07, 6.45) is -0.326. The fourth-order valence-corrected chi connectivity index (χ4v) is 12.2. The number of hydrogen-bond donors (Lipinski definition) is 0. The van der Waals surface area contributed by atoms with E-state index in [9.17, 15) is 0 Å². The first kappa shape index (κ1) is 38.1. The van der Waals surface area contributed by atoms with Gasteiger partial charge in [0.25, 0.3) is 0 Å². The smallest absolute Gasteiger partial charge is 0.435 e. The molecule has 4 heteroatoms. The topological polar surface area (TPSA) is 7.94 Å². The Hall–Kier alpha value is -6.60. The van der Waals surface area contributed by atoms with Crippen molar-refractivity contribution < 1.29 is 4.49 Å². The molecule has 0 amide bonds. The molecular weight excluding hydrogens is 874 g/mol. The van der Waals surface area contributed by atoms with E-state index < -0.39 is 6.42 Å². The molecule has 0 saturated heterocycles. The highest BCUT2D eigenvalue weighted by atomic mass is 127. The van der Waals surface area contributed by atoms with Crippen LogP contribution in [-0.2, 0) is 6.42 Å². The summed E-state index contributed by atoms with van der Waals surface area (Å²) < 4.78 is 6.40. The molecule has 0 fully saturated rings. The van der Waals surface area contributed by atoms with Gasteiger partial charge in [-0.05, 0) is 167 Å². The second kappa shape index (κ2) is 14.0. The maximum Gasteiger partial charge on any atom is 0.520 e. The van der Waals surface area contributed by atoms with Crippen LogP contribution in [0.15, 0.2) is 150 Å². The Labute approximate surface area is 382 Å². The fraction of sp³-hybridized carbons (Fsp3) is 0.136. The SMILES string of the molecule is CCC1=C(C)C2=C(c3ccc(I)cc3)c3c(C)c(CC)c(C)n3[B-](C#Cc3ccc4ccc5cccc6ccc3c4c56)(C#Cc3ccc4ccc5cccc6ccc3c4c56)[N+]2=C1C. The first-order valence-electron chi connectivity index (χ1n) is 22.3. The Morgan fingerprint density at radius 3 is 1.52 bits per heavy atom. The molecule has 1 aromatic heterocycles. The summed E-state index contributed by atoms with van der Waals surface area (Å²) in [4.78, 5) is 0. The zero-order valence-electron chi connectivity index (χ0n) is 36.5. The quantitative estimate of drug-likeness (QED) is 0.0722. The van der Waals surface area contributed by atoms with Gasteiger partial charge < -0.3 is 8.96 Å². The molecule has 0 spiro atoms. The highest BCUT2D eigenvalue weighted by molar-refractivity contribution is 14.1. The van der Waals surface area contributed by atoms with Crippen molar-refractivity contribution in [2.24, 2.45) is 0 Å². The van der Waals surface area contributed by atoms with Crippen LogP contribution in [0, 0.1) is 40.9 Å². The molecule has 2 aliphatic rings. The third-order valence-corrected chi connectivity index (χ3v) is 15.3. The van der Waals surface area contributed by atoms with Crippen LogP contribution in [0.25, 0.3) is 70.2 Å². The van der Waals surface area contributed by atoms with Crippen molar-refractivity contribution in [1.29, 1.82) is 0 Å². The molecule has 2 aliphatic heterocycles. The highest BCUT2D eigenvalue weighted by Crippen LogP contribution is 2.47. The number of nitrogens with zero attached hydrogens (tertiary/aromatic N) is 2. The largest absolute Gasteiger partial charge is 0.520 e. The van der Waals surface area contributed by atoms with Gasteiger partial charge in [0, 0.05) is 38.5 Å². The maximum absolute atomic E-state index is 4.15. The molecule has 9 aromatic carbocycles. The van der Waals surface area contributed by atoms with Crippen LogP contribution in [0.3, 0.4) is 0 Å². The highest BCUT2D eigenvalue weighted by Gasteiger charge is 2.52. The van der Waals surface area contributed by atoms with Gasteiger partial charge in [0.05, 0.1) is 5.57 Å². The monoisotopic (exact) mass is 918 g/mol. The number of benzene rings is 9. The van der Waals surface area contributed by atoms with Gasteiger partial charge >= 0.3 is 6.42 Å². The number of halogens is 1. The average molecular weight is 919 g/mol. The molecule has 63 heavy (non-hydrogen) atoms. The predicted molar refractivity (Wildman–Crippen MR) is 278 cm³/mol. The normalized spacial score (nSPS) is 14.7. The summed E-state index contributed by atoms with van der Waals surface area (Å²) >= 11 is 2.42. The third kappa shape index (κ3) is 5.26. The van der Waals surface area contributed by atoms with Crippen molar-refractivity contribution in [3.63, 3.8) is 0 Å². The van der Waals surface area contributed by atoms with Gasteiger partial charge in [0.15, 0.2) is 5.70 Å². The Morgan fingerprint density at radius 2 is 1.03 bits per heavy atom. The summed E-state index contributed by atoms with van der Waals surface area (Å²) in [5.74, 6) is 16.2. The fourth-order valence-electron chi connectivity index (χ4n) is 11.9. The molecule has 0 atom stereocenters. The van der Waals surface area contributed by atoms with Crippen LogP contribution < -0.4 is 0 Å². The van der Waals surface area contributed by atoms with E-state index in [2.05, 4.69) is 230 Å². The van der Waals surface area contributed by atoms with E-state index in [0.717, 1.165) is 24.0 Å². The van der Waals surface area contributed by atoms with Gasteiger partial charge in [0.1, 0.15) is 5.71 Å². The van der Waals surface area contributed by atoms with Crippen LogP contribution in [0.5, 0.6) is 0 Å². The van der Waals surface area contributed by atoms with Crippen molar-refractivity contribution >= 4 is 105 Å². The van der Waals surface area contributed by atoms with E-state index in [1.54, 1.807) is 0 Å². The van der Waals surface area contributed by atoms with Crippen LogP contribution in [-0.4, -0.2) is 21.1 Å². The van der Waals surface area contributed by atoms with E-state index >= 15 is 0 Å². The Balaban J connectivity index is 1.22. The second-order valence-corrected chi connectivity index (χ2v) is 18.9. The predicted octanol–water partition coefficient (Wildman–Crippen LogP) is 14.5. The number of allylic oxidation sites excluding steroid dienone is 2. The lowest BCUT2D eigenvalue weighted by atomic mass is 9.44. The zero-order valence-corrected chi connectivity index (χ0v) is 38.6. The van der Waals surface area contributed by atoms with Gasteiger partial charge in [-0.15, -0.1) is 11.8 Å². The minimum absolute atomic E-state index is 0.918. The summed E-state index contributed by atoms with van der Waals surface area (Å²) in [5.41, 5.74) is 14.8. The van der Waals surface area contributed by atoms with Gasteiger partial charge in [-0.1, -0.05) is 123 Å². The Morgan fingerprint density at radius 1 is 0.556 bits per heavy atom. The number of aromatic nitrogens is 1. The molecule has 10 aromatic rings. The molecule has 0 radical (unpaired) electrons. The molecule has 0 N–H and O–H groups in total. The van der Waals surface area contributed by atoms with Crippen LogP contribution in [0.2, 0.25) is 0 Å². The molecule has 0 unspecified atom stereocenters. The Bertz CT molecular complexity index is 3670. The van der Waals surface area contributed by atoms with E-state index in [1.807, 2.05) is 0 Å². The number of fused-ring (bicyclic) bond motifs is 2. The lowest BCUT2D eigenvalue weighted by molar-refractivity contribution is -0.330. The van der Waals surface area contributed by atoms with Gasteiger partial charge in [-0.3, -0.25) is 0 Å². The molecule has 0 saturated carbocycles. The van der Waals surface area contributed by atoms with Crippen molar-refractivity contribution in [3.8, 4) is 23.5 Å². The van der Waals surface area contributed by atoms with E-state index in [1.165, 1.54) is 124 Å². The summed E-state index contributed by atoms with van der Waals surface area (Å²) in [5, 5.41) is 15.0. The first-order valence-corrected chi connectivity index (χ1v) is 23.4. The van der Waals surface area contributed by atoms with Gasteiger partial charge in [0.2, 0.25) is 0 Å². The van der Waals surface area contributed by atoms with Crippen LogP contribution in [0.1, 0.15) is 73.3 Å². The van der Waals surface area contributed by atoms with E-state index in [-0.39, 0.29) is 0 Å². The number of rotatable bonds is 3. The van der Waals surface area contributed by atoms with Crippen LogP contribution >= 0.6 is 22.6 Å². The van der Waals surface area contributed by atoms with Crippen molar-refractivity contribution in [2.45, 2.75) is 54.4 Å². The van der Waals surface area contributed by atoms with Crippen molar-refractivity contribution in [2.75, 3.05) is 0 Å². The summed E-state index contributed by atoms with van der Waals surface area (Å²) in [6, 6.07) is 49.4. The molecule has 12 rings (SSSR count). The summed E-state index contributed by atoms with van der Waals surface area (Å²) in [7, 11) is 0. The molecule has 0 bridgehead atoms. The minimum atomic E-state index is -2.16. The lowest BCUT2D eigenvalue weighted by Crippen LogP contribution is -2.57. The standard InChI is InChI=1S/C59H44BIN2/c1-7-49-35(3)58-57(47-23-27-48(61)28-24-47)59-36(4)50(8-2)38(6)63(59)60(62(58)37(49)5,33-31-39-15-17-45-21-19-41-11-9-13-43-25-29-51(39)55(45)53(41)43)34-32-40-16-18-46-22-20-42-12-10-14-44-26-30-52(40)56(46)54(42)44/h9-30H,7-8H2,1-6H3. The van der Waals surface area contributed by atoms with Crippen molar-refractivity contribution in [1.82, 2.24) is 4.48 Å². The minimum Gasteiger partial charge on any atom is -0.435 e. The van der Waals surface area contributed by atoms with Crippen LogP contribution in [0.4, 0.5) is 0 Å². The molecule has 0 aliphatic carbocycles. The zero-order chi connectivity index (χ0) is 42.9. The van der Waals surface area contributed by atoms with Crippen molar-refractivity contribution in [3.05, 3.63) is 193 Å². The number of hydrogen-bond acceptors (Lipinski definition) is 0. The Kier molecular flexibility index (Phi) is 8.44. The van der Waals surface area contributed by atoms with Gasteiger partial charge in [-0.2, -0.15) is 11.6 Å². The molecule has 3 heterocycles. The maximum atomic E-state index is 4.15. The van der Waals surface area contributed by atoms with E-state index in [4.69, 9.17) is 0 Å². The van der Waals surface area contributed by atoms with Gasteiger partial charge in [-0.25, -0.2) is 0 Å². The molecule has 300 valence electrons.